The van der Waals surface area contributed by atoms with Crippen LogP contribution in [0.4, 0.5) is 0 Å². The van der Waals surface area contributed by atoms with Gasteiger partial charge in [-0.1, -0.05) is 6.07 Å². The maximum Gasteiger partial charge on any atom is 0.240 e. The maximum absolute atomic E-state index is 12.3. The van der Waals surface area contributed by atoms with Gasteiger partial charge in [-0.2, -0.15) is 0 Å². The number of nitrogens with one attached hydrogen (secondary N) is 1. The normalized spacial score (nSPS) is 14.2. The molecular weight excluding hydrogens is 358 g/mol. The van der Waals surface area contributed by atoms with Crippen molar-refractivity contribution in [2.75, 3.05) is 19.9 Å². The monoisotopic (exact) mass is 379 g/mol. The molecule has 0 saturated carbocycles. The van der Waals surface area contributed by atoms with Gasteiger partial charge in [0.2, 0.25) is 16.8 Å². The largest absolute Gasteiger partial charge is 0.494 e. The number of sulfonamides is 1. The van der Waals surface area contributed by atoms with Gasteiger partial charge in [-0.15, -0.1) is 0 Å². The molecule has 0 amide bonds. The minimum absolute atomic E-state index is 0.102. The number of aliphatic hydroxyl groups excluding tert-OH is 1. The molecule has 0 saturated heterocycles. The van der Waals surface area contributed by atoms with E-state index < -0.39 is 16.1 Å². The van der Waals surface area contributed by atoms with Crippen LogP contribution in [0.3, 0.4) is 0 Å². The van der Waals surface area contributed by atoms with Crippen LogP contribution < -0.4 is 18.9 Å². The summed E-state index contributed by atoms with van der Waals surface area (Å²) in [5, 5.41) is 10.3. The predicted molar refractivity (Wildman–Crippen MR) is 94.9 cm³/mol. The zero-order valence-electron chi connectivity index (χ0n) is 14.3. The first-order valence-corrected chi connectivity index (χ1v) is 9.78. The third kappa shape index (κ3) is 4.27. The topological polar surface area (TPSA) is 94.1 Å². The molecule has 0 radical (unpaired) electrons. The number of benzene rings is 2. The van der Waals surface area contributed by atoms with Crippen molar-refractivity contribution >= 4 is 10.0 Å². The van der Waals surface area contributed by atoms with Crippen molar-refractivity contribution in [1.82, 2.24) is 4.72 Å². The van der Waals surface area contributed by atoms with E-state index in [-0.39, 0.29) is 24.7 Å². The van der Waals surface area contributed by atoms with E-state index >= 15 is 0 Å². The second-order valence-electron chi connectivity index (χ2n) is 5.72. The number of ether oxygens (including phenoxy) is 3. The zero-order valence-corrected chi connectivity index (χ0v) is 15.2. The first-order chi connectivity index (χ1) is 12.5. The highest BCUT2D eigenvalue weighted by Gasteiger charge is 2.18. The van der Waals surface area contributed by atoms with Crippen molar-refractivity contribution < 1.29 is 27.7 Å². The molecular formula is C18H21NO6S. The van der Waals surface area contributed by atoms with Crippen molar-refractivity contribution in [3.05, 3.63) is 48.0 Å². The van der Waals surface area contributed by atoms with Gasteiger partial charge in [-0.05, 0) is 55.3 Å². The Morgan fingerprint density at radius 3 is 2.62 bits per heavy atom. The lowest BCUT2D eigenvalue weighted by Crippen LogP contribution is -2.26. The Morgan fingerprint density at radius 1 is 1.15 bits per heavy atom. The van der Waals surface area contributed by atoms with E-state index in [4.69, 9.17) is 14.2 Å². The lowest BCUT2D eigenvalue weighted by atomic mass is 10.1. The van der Waals surface area contributed by atoms with E-state index in [1.807, 2.05) is 6.92 Å². The van der Waals surface area contributed by atoms with E-state index in [0.717, 1.165) is 0 Å². The molecule has 8 heteroatoms. The predicted octanol–water partition coefficient (Wildman–Crippen LogP) is 2.22. The third-order valence-electron chi connectivity index (χ3n) is 3.94. The molecule has 1 heterocycles. The zero-order chi connectivity index (χ0) is 18.6. The molecule has 0 fully saturated rings. The molecule has 0 bridgehead atoms. The van der Waals surface area contributed by atoms with Crippen molar-refractivity contribution in [3.8, 4) is 17.2 Å². The van der Waals surface area contributed by atoms with E-state index in [2.05, 4.69) is 4.72 Å². The lowest BCUT2D eigenvalue weighted by molar-refractivity contribution is 0.166. The van der Waals surface area contributed by atoms with Gasteiger partial charge in [0, 0.05) is 6.54 Å². The summed E-state index contributed by atoms with van der Waals surface area (Å²) in [6.45, 7) is 2.64. The fourth-order valence-electron chi connectivity index (χ4n) is 2.58. The van der Waals surface area contributed by atoms with E-state index in [0.29, 0.717) is 29.4 Å². The first kappa shape index (κ1) is 18.5. The molecule has 2 N–H and O–H groups in total. The Morgan fingerprint density at radius 2 is 1.88 bits per heavy atom. The number of fused-ring (bicyclic) bond motifs is 1. The molecule has 7 nitrogen and oxygen atoms in total. The van der Waals surface area contributed by atoms with Crippen LogP contribution in [0.15, 0.2) is 47.4 Å². The minimum atomic E-state index is -3.64. The summed E-state index contributed by atoms with van der Waals surface area (Å²) in [7, 11) is -3.64. The van der Waals surface area contributed by atoms with Gasteiger partial charge in [0.05, 0.1) is 17.6 Å². The Kier molecular flexibility index (Phi) is 5.65. The average Bonchev–Trinajstić information content (AvgIpc) is 3.10. The summed E-state index contributed by atoms with van der Waals surface area (Å²) in [5.74, 6) is 1.83. The lowest BCUT2D eigenvalue weighted by Gasteiger charge is -2.13. The van der Waals surface area contributed by atoms with Gasteiger partial charge in [0.15, 0.2) is 11.5 Å². The van der Waals surface area contributed by atoms with Gasteiger partial charge < -0.3 is 19.3 Å². The summed E-state index contributed by atoms with van der Waals surface area (Å²) >= 11 is 0. The number of hydrogen-bond acceptors (Lipinski definition) is 6. The van der Waals surface area contributed by atoms with Crippen molar-refractivity contribution in [3.63, 3.8) is 0 Å². The maximum atomic E-state index is 12.3. The molecule has 2 aromatic rings. The molecule has 26 heavy (non-hydrogen) atoms. The molecule has 2 aromatic carbocycles. The van der Waals surface area contributed by atoms with Gasteiger partial charge >= 0.3 is 0 Å². The molecule has 0 aromatic heterocycles. The van der Waals surface area contributed by atoms with Crippen molar-refractivity contribution in [1.29, 1.82) is 0 Å². The first-order valence-electron chi connectivity index (χ1n) is 8.30. The summed E-state index contributed by atoms with van der Waals surface area (Å²) in [6, 6.07) is 11.4. The fourth-order valence-corrected chi connectivity index (χ4v) is 3.63. The number of aliphatic hydroxyl groups is 1. The van der Waals surface area contributed by atoms with Gasteiger partial charge in [0.25, 0.3) is 0 Å². The molecule has 0 aliphatic carbocycles. The second-order valence-corrected chi connectivity index (χ2v) is 7.49. The Labute approximate surface area is 152 Å². The van der Waals surface area contributed by atoms with Crippen LogP contribution in [0.1, 0.15) is 25.0 Å². The van der Waals surface area contributed by atoms with Crippen LogP contribution in [0.5, 0.6) is 17.2 Å². The highest BCUT2D eigenvalue weighted by atomic mass is 32.2. The Balaban J connectivity index is 1.56. The van der Waals surface area contributed by atoms with Crippen molar-refractivity contribution in [2.45, 2.75) is 24.3 Å². The van der Waals surface area contributed by atoms with E-state index in [1.165, 1.54) is 12.1 Å². The highest BCUT2D eigenvalue weighted by Crippen LogP contribution is 2.34. The van der Waals surface area contributed by atoms with Crippen LogP contribution >= 0.6 is 0 Å². The molecule has 1 aliphatic rings. The average molecular weight is 379 g/mol. The SMILES string of the molecule is CCOc1ccc(S(=O)(=O)NCCC(O)c2ccc3c(c2)OCO3)cc1. The van der Waals surface area contributed by atoms with Gasteiger partial charge in [0.1, 0.15) is 5.75 Å². The van der Waals surface area contributed by atoms with Gasteiger partial charge in [-0.3, -0.25) is 0 Å². The van der Waals surface area contributed by atoms with Crippen LogP contribution in [-0.2, 0) is 10.0 Å². The van der Waals surface area contributed by atoms with E-state index in [9.17, 15) is 13.5 Å². The summed E-state index contributed by atoms with van der Waals surface area (Å²) in [5.41, 5.74) is 0.648. The fraction of sp³-hybridized carbons (Fsp3) is 0.333. The van der Waals surface area contributed by atoms with Crippen molar-refractivity contribution in [2.24, 2.45) is 0 Å². The van der Waals surface area contributed by atoms with Crippen LogP contribution in [0.2, 0.25) is 0 Å². The molecule has 0 spiro atoms. The number of rotatable bonds is 8. The van der Waals surface area contributed by atoms with Crippen LogP contribution in [0.25, 0.3) is 0 Å². The smallest absolute Gasteiger partial charge is 0.240 e. The second kappa shape index (κ2) is 7.94. The minimum Gasteiger partial charge on any atom is -0.494 e. The quantitative estimate of drug-likeness (QED) is 0.730. The van der Waals surface area contributed by atoms with Crippen LogP contribution in [-0.4, -0.2) is 33.5 Å². The molecule has 1 unspecified atom stereocenters. The van der Waals surface area contributed by atoms with E-state index in [1.54, 1.807) is 30.3 Å². The molecule has 1 aliphatic heterocycles. The van der Waals surface area contributed by atoms with Crippen LogP contribution in [0, 0.1) is 0 Å². The van der Waals surface area contributed by atoms with Gasteiger partial charge in [-0.25, -0.2) is 13.1 Å². The number of hydrogen-bond donors (Lipinski definition) is 2. The highest BCUT2D eigenvalue weighted by molar-refractivity contribution is 7.89. The molecule has 3 rings (SSSR count). The molecule has 140 valence electrons. The summed E-state index contributed by atoms with van der Waals surface area (Å²) in [4.78, 5) is 0.151. The Bertz CT molecular complexity index is 850. The summed E-state index contributed by atoms with van der Waals surface area (Å²) < 4.78 is 42.9. The third-order valence-corrected chi connectivity index (χ3v) is 5.41. The standard InChI is InChI=1S/C18H21NO6S/c1-2-23-14-4-6-15(7-5-14)26(21,22)19-10-9-16(20)13-3-8-17-18(11-13)25-12-24-17/h3-8,11,16,19-20H,2,9-10,12H2,1H3. The summed E-state index contributed by atoms with van der Waals surface area (Å²) in [6.07, 6.45) is -0.580. The molecule has 1 atom stereocenters. The Hall–Kier alpha value is -2.29.